The third-order valence-corrected chi connectivity index (χ3v) is 3.76. The Kier molecular flexibility index (Phi) is 4.47. The van der Waals surface area contributed by atoms with Gasteiger partial charge in [-0.15, -0.1) is 0 Å². The molecule has 0 aliphatic heterocycles. The summed E-state index contributed by atoms with van der Waals surface area (Å²) in [6.07, 6.45) is 2.85. The van der Waals surface area contributed by atoms with Gasteiger partial charge in [-0.3, -0.25) is 4.79 Å². The van der Waals surface area contributed by atoms with Crippen molar-refractivity contribution in [2.45, 2.75) is 31.8 Å². The monoisotopic (exact) mass is 275 g/mol. The first-order chi connectivity index (χ1) is 8.24. The lowest BCUT2D eigenvalue weighted by molar-refractivity contribution is -0.140. The SMILES string of the molecule is CC(CNS(=O)(=O)c1cn(C(C)C)cn1)C(=O)O. The summed E-state index contributed by atoms with van der Waals surface area (Å²) in [6.45, 7) is 5.07. The second-order valence-corrected chi connectivity index (χ2v) is 6.06. The van der Waals surface area contributed by atoms with Gasteiger partial charge in [0, 0.05) is 18.8 Å². The lowest BCUT2D eigenvalue weighted by Crippen LogP contribution is -2.31. The van der Waals surface area contributed by atoms with Crippen LogP contribution in [0, 0.1) is 5.92 Å². The van der Waals surface area contributed by atoms with Crippen molar-refractivity contribution in [1.29, 1.82) is 0 Å². The number of aliphatic carboxylic acids is 1. The summed E-state index contributed by atoms with van der Waals surface area (Å²) in [5.41, 5.74) is 0. The van der Waals surface area contributed by atoms with Crippen LogP contribution in [-0.2, 0) is 14.8 Å². The number of imidazole rings is 1. The standard InChI is InChI=1S/C10H17N3O4S/c1-7(2)13-5-9(11-6-13)18(16,17)12-4-8(3)10(14)15/h5-8,12H,4H2,1-3H3,(H,14,15). The van der Waals surface area contributed by atoms with Crippen molar-refractivity contribution in [1.82, 2.24) is 14.3 Å². The largest absolute Gasteiger partial charge is 0.481 e. The summed E-state index contributed by atoms with van der Waals surface area (Å²) in [6, 6.07) is 0.111. The van der Waals surface area contributed by atoms with E-state index in [1.165, 1.54) is 19.4 Å². The molecule has 0 aliphatic carbocycles. The van der Waals surface area contributed by atoms with Crippen LogP contribution in [-0.4, -0.2) is 35.6 Å². The molecule has 0 aromatic carbocycles. The molecule has 7 nitrogen and oxygen atoms in total. The molecule has 0 fully saturated rings. The number of nitrogens with zero attached hydrogens (tertiary/aromatic N) is 2. The molecule has 2 N–H and O–H groups in total. The predicted molar refractivity (Wildman–Crippen MR) is 64.6 cm³/mol. The Morgan fingerprint density at radius 3 is 2.56 bits per heavy atom. The number of nitrogens with one attached hydrogen (secondary N) is 1. The first-order valence-electron chi connectivity index (χ1n) is 5.50. The van der Waals surface area contributed by atoms with Crippen LogP contribution < -0.4 is 4.72 Å². The summed E-state index contributed by atoms with van der Waals surface area (Å²) in [4.78, 5) is 14.4. The molecule has 1 aromatic heterocycles. The molecule has 0 bridgehead atoms. The topological polar surface area (TPSA) is 101 Å². The molecular weight excluding hydrogens is 258 g/mol. The lowest BCUT2D eigenvalue weighted by Gasteiger charge is -2.07. The van der Waals surface area contributed by atoms with E-state index in [-0.39, 0.29) is 17.6 Å². The van der Waals surface area contributed by atoms with Crippen molar-refractivity contribution in [3.8, 4) is 0 Å². The van der Waals surface area contributed by atoms with E-state index in [2.05, 4.69) is 9.71 Å². The molecule has 1 atom stereocenters. The maximum Gasteiger partial charge on any atom is 0.307 e. The van der Waals surface area contributed by atoms with E-state index in [4.69, 9.17) is 5.11 Å². The molecule has 102 valence electrons. The van der Waals surface area contributed by atoms with E-state index in [0.717, 1.165) is 0 Å². The van der Waals surface area contributed by atoms with Crippen LogP contribution in [0.3, 0.4) is 0 Å². The fourth-order valence-corrected chi connectivity index (χ4v) is 2.20. The average molecular weight is 275 g/mol. The maximum atomic E-state index is 11.8. The predicted octanol–water partition coefficient (Wildman–Crippen LogP) is 0.463. The number of carboxylic acid groups (broad SMARTS) is 1. The molecule has 0 saturated carbocycles. The summed E-state index contributed by atoms with van der Waals surface area (Å²) >= 11 is 0. The van der Waals surface area contributed by atoms with Crippen molar-refractivity contribution in [3.05, 3.63) is 12.5 Å². The number of carboxylic acids is 1. The first-order valence-corrected chi connectivity index (χ1v) is 6.98. The zero-order chi connectivity index (χ0) is 13.9. The fraction of sp³-hybridized carbons (Fsp3) is 0.600. The average Bonchev–Trinajstić information content (AvgIpc) is 2.75. The van der Waals surface area contributed by atoms with E-state index in [0.29, 0.717) is 0 Å². The highest BCUT2D eigenvalue weighted by molar-refractivity contribution is 7.89. The summed E-state index contributed by atoms with van der Waals surface area (Å²) in [7, 11) is -3.75. The second kappa shape index (κ2) is 5.49. The van der Waals surface area contributed by atoms with Crippen molar-refractivity contribution in [2.75, 3.05) is 6.54 Å². The second-order valence-electron chi connectivity index (χ2n) is 4.34. The zero-order valence-electron chi connectivity index (χ0n) is 10.5. The highest BCUT2D eigenvalue weighted by Gasteiger charge is 2.20. The van der Waals surface area contributed by atoms with Crippen LogP contribution in [0.15, 0.2) is 17.6 Å². The van der Waals surface area contributed by atoms with E-state index >= 15 is 0 Å². The van der Waals surface area contributed by atoms with Crippen LogP contribution >= 0.6 is 0 Å². The van der Waals surface area contributed by atoms with Gasteiger partial charge in [0.1, 0.15) is 0 Å². The smallest absolute Gasteiger partial charge is 0.307 e. The lowest BCUT2D eigenvalue weighted by atomic mass is 10.2. The van der Waals surface area contributed by atoms with Gasteiger partial charge in [0.25, 0.3) is 10.0 Å². The van der Waals surface area contributed by atoms with Crippen LogP contribution in [0.2, 0.25) is 0 Å². The van der Waals surface area contributed by atoms with Gasteiger partial charge in [-0.1, -0.05) is 6.92 Å². The normalized spacial score (nSPS) is 13.8. The Morgan fingerprint density at radius 1 is 1.50 bits per heavy atom. The zero-order valence-corrected chi connectivity index (χ0v) is 11.3. The molecule has 1 unspecified atom stereocenters. The Hall–Kier alpha value is -1.41. The number of hydrogen-bond acceptors (Lipinski definition) is 4. The summed E-state index contributed by atoms with van der Waals surface area (Å²) in [5, 5.41) is 8.57. The van der Waals surface area contributed by atoms with Gasteiger partial charge in [0.05, 0.1) is 12.2 Å². The fourth-order valence-electron chi connectivity index (χ4n) is 1.13. The highest BCUT2D eigenvalue weighted by Crippen LogP contribution is 2.10. The minimum Gasteiger partial charge on any atom is -0.481 e. The van der Waals surface area contributed by atoms with Crippen molar-refractivity contribution < 1.29 is 18.3 Å². The van der Waals surface area contributed by atoms with E-state index in [1.807, 2.05) is 13.8 Å². The van der Waals surface area contributed by atoms with E-state index in [1.54, 1.807) is 4.57 Å². The number of hydrogen-bond donors (Lipinski definition) is 2. The van der Waals surface area contributed by atoms with Crippen LogP contribution in [0.4, 0.5) is 0 Å². The summed E-state index contributed by atoms with van der Waals surface area (Å²) < 4.78 is 27.5. The van der Waals surface area contributed by atoms with Crippen molar-refractivity contribution in [3.63, 3.8) is 0 Å². The molecule has 0 spiro atoms. The molecule has 0 radical (unpaired) electrons. The first kappa shape index (κ1) is 14.7. The third-order valence-electron chi connectivity index (χ3n) is 2.45. The number of aromatic nitrogens is 2. The summed E-state index contributed by atoms with van der Waals surface area (Å²) in [5.74, 6) is -1.84. The van der Waals surface area contributed by atoms with Gasteiger partial charge in [0.2, 0.25) is 0 Å². The van der Waals surface area contributed by atoms with Gasteiger partial charge >= 0.3 is 5.97 Å². The van der Waals surface area contributed by atoms with E-state index < -0.39 is 21.9 Å². The number of rotatable bonds is 6. The van der Waals surface area contributed by atoms with Gasteiger partial charge in [-0.2, -0.15) is 0 Å². The molecule has 0 saturated heterocycles. The molecule has 18 heavy (non-hydrogen) atoms. The number of carbonyl (C=O) groups is 1. The minimum atomic E-state index is -3.75. The Balaban J connectivity index is 2.77. The van der Waals surface area contributed by atoms with Crippen LogP contribution in [0.25, 0.3) is 0 Å². The van der Waals surface area contributed by atoms with Crippen LogP contribution in [0.1, 0.15) is 26.8 Å². The number of sulfonamides is 1. The Labute approximate surface area is 106 Å². The molecule has 8 heteroatoms. The Morgan fingerprint density at radius 2 is 2.11 bits per heavy atom. The van der Waals surface area contributed by atoms with Crippen molar-refractivity contribution in [2.24, 2.45) is 5.92 Å². The quantitative estimate of drug-likeness (QED) is 0.785. The highest BCUT2D eigenvalue weighted by atomic mass is 32.2. The van der Waals surface area contributed by atoms with Gasteiger partial charge in [0.15, 0.2) is 5.03 Å². The third kappa shape index (κ3) is 3.54. The molecule has 1 heterocycles. The van der Waals surface area contributed by atoms with Crippen molar-refractivity contribution >= 4 is 16.0 Å². The molecule has 1 rings (SSSR count). The van der Waals surface area contributed by atoms with Gasteiger partial charge in [-0.05, 0) is 13.8 Å². The van der Waals surface area contributed by atoms with Gasteiger partial charge in [-0.25, -0.2) is 18.1 Å². The molecular formula is C10H17N3O4S. The Bertz CT molecular complexity index is 521. The van der Waals surface area contributed by atoms with Gasteiger partial charge < -0.3 is 9.67 Å². The van der Waals surface area contributed by atoms with E-state index in [9.17, 15) is 13.2 Å². The molecule has 1 aromatic rings. The molecule has 0 aliphatic rings. The minimum absolute atomic E-state index is 0.103. The maximum absolute atomic E-state index is 11.8. The molecule has 0 amide bonds. The van der Waals surface area contributed by atoms with Crippen LogP contribution in [0.5, 0.6) is 0 Å².